The number of hydrogen-bond donors (Lipinski definition) is 1. The molecule has 0 atom stereocenters. The van der Waals surface area contributed by atoms with Crippen molar-refractivity contribution in [3.05, 3.63) is 64.3 Å². The lowest BCUT2D eigenvalue weighted by Crippen LogP contribution is -2.21. The molecule has 1 N–H and O–H groups in total. The zero-order valence-corrected chi connectivity index (χ0v) is 11.3. The van der Waals surface area contributed by atoms with Gasteiger partial charge in [0, 0.05) is 18.3 Å². The molecule has 108 valence electrons. The Balaban J connectivity index is 2.07. The van der Waals surface area contributed by atoms with Crippen LogP contribution in [0.1, 0.15) is 5.56 Å². The van der Waals surface area contributed by atoms with Crippen LogP contribution in [0.15, 0.2) is 47.4 Å². The molecule has 0 bridgehead atoms. The van der Waals surface area contributed by atoms with Gasteiger partial charge in [-0.15, -0.1) is 0 Å². The van der Waals surface area contributed by atoms with E-state index in [1.165, 1.54) is 28.8 Å². The summed E-state index contributed by atoms with van der Waals surface area (Å²) in [5.74, 6) is 5.04. The first kappa shape index (κ1) is 14.8. The van der Waals surface area contributed by atoms with Gasteiger partial charge in [-0.1, -0.05) is 17.9 Å². The number of nitrogens with zero attached hydrogens (tertiary/aromatic N) is 1. The summed E-state index contributed by atoms with van der Waals surface area (Å²) in [5, 5.41) is 8.70. The Morgan fingerprint density at radius 2 is 2.14 bits per heavy atom. The van der Waals surface area contributed by atoms with Gasteiger partial charge >= 0.3 is 0 Å². The predicted molar refractivity (Wildman–Crippen MR) is 76.6 cm³/mol. The van der Waals surface area contributed by atoms with E-state index in [2.05, 4.69) is 11.8 Å². The maximum Gasteiger partial charge on any atom is 0.250 e. The fraction of sp³-hybridized carbons (Fsp3) is 0.188. The predicted octanol–water partition coefficient (Wildman–Crippen LogP) is 1.41. The molecule has 21 heavy (non-hydrogen) atoms. The number of hydrogen-bond acceptors (Lipinski definition) is 3. The van der Waals surface area contributed by atoms with E-state index < -0.39 is 5.82 Å². The zero-order valence-electron chi connectivity index (χ0n) is 11.3. The van der Waals surface area contributed by atoms with Gasteiger partial charge in [-0.05, 0) is 18.2 Å². The Hall–Kier alpha value is -2.58. The van der Waals surface area contributed by atoms with Gasteiger partial charge in [0.15, 0.2) is 0 Å². The van der Waals surface area contributed by atoms with Crippen LogP contribution in [0.3, 0.4) is 0 Å². The topological polar surface area (TPSA) is 51.5 Å². The standard InChI is InChI=1S/C16H14FNO3/c17-14-7-6-13(4-3-10-19)15(12-14)21-11-9-18-8-2-1-5-16(18)20/h1-2,5-8,12,19H,9-11H2. The quantitative estimate of drug-likeness (QED) is 0.865. The van der Waals surface area contributed by atoms with Gasteiger partial charge in [-0.25, -0.2) is 4.39 Å². The SMILES string of the molecule is O=c1ccccn1CCOc1cc(F)ccc1C#CCO. The van der Waals surface area contributed by atoms with E-state index in [9.17, 15) is 9.18 Å². The van der Waals surface area contributed by atoms with E-state index in [-0.39, 0.29) is 18.8 Å². The largest absolute Gasteiger partial charge is 0.490 e. The fourth-order valence-corrected chi connectivity index (χ4v) is 1.75. The van der Waals surface area contributed by atoms with Crippen molar-refractivity contribution < 1.29 is 14.2 Å². The second kappa shape index (κ2) is 7.27. The number of halogens is 1. The van der Waals surface area contributed by atoms with Gasteiger partial charge in [0.05, 0.1) is 12.1 Å². The van der Waals surface area contributed by atoms with Crippen LogP contribution in [0.2, 0.25) is 0 Å². The van der Waals surface area contributed by atoms with Gasteiger partial charge in [0.1, 0.15) is 24.8 Å². The van der Waals surface area contributed by atoms with Crippen LogP contribution in [-0.2, 0) is 6.54 Å². The summed E-state index contributed by atoms with van der Waals surface area (Å²) in [4.78, 5) is 11.5. The summed E-state index contributed by atoms with van der Waals surface area (Å²) in [6.07, 6.45) is 1.66. The minimum Gasteiger partial charge on any atom is -0.490 e. The monoisotopic (exact) mass is 287 g/mol. The summed E-state index contributed by atoms with van der Waals surface area (Å²) in [5.41, 5.74) is 0.367. The summed E-state index contributed by atoms with van der Waals surface area (Å²) < 4.78 is 20.2. The molecular weight excluding hydrogens is 273 g/mol. The molecule has 1 aromatic carbocycles. The number of rotatable bonds is 4. The van der Waals surface area contributed by atoms with Crippen LogP contribution in [-0.4, -0.2) is 22.9 Å². The van der Waals surface area contributed by atoms with Crippen LogP contribution in [0.5, 0.6) is 5.75 Å². The van der Waals surface area contributed by atoms with Crippen molar-refractivity contribution in [3.8, 4) is 17.6 Å². The molecule has 4 nitrogen and oxygen atoms in total. The van der Waals surface area contributed by atoms with Gasteiger partial charge in [-0.3, -0.25) is 4.79 Å². The molecule has 0 unspecified atom stereocenters. The lowest BCUT2D eigenvalue weighted by Gasteiger charge is -2.09. The third-order valence-corrected chi connectivity index (χ3v) is 2.73. The third kappa shape index (κ3) is 4.20. The minimum atomic E-state index is -0.434. The first-order valence-electron chi connectivity index (χ1n) is 6.38. The molecule has 0 radical (unpaired) electrons. The average Bonchev–Trinajstić information content (AvgIpc) is 2.48. The van der Waals surface area contributed by atoms with Crippen molar-refractivity contribution >= 4 is 0 Å². The Labute approximate surface area is 121 Å². The number of aromatic nitrogens is 1. The molecule has 0 fully saturated rings. The van der Waals surface area contributed by atoms with Gasteiger partial charge in [0.25, 0.3) is 5.56 Å². The van der Waals surface area contributed by atoms with Crippen LogP contribution in [0, 0.1) is 17.7 Å². The smallest absolute Gasteiger partial charge is 0.250 e. The summed E-state index contributed by atoms with van der Waals surface area (Å²) in [6.45, 7) is 0.278. The summed E-state index contributed by atoms with van der Waals surface area (Å²) >= 11 is 0. The van der Waals surface area contributed by atoms with Crippen molar-refractivity contribution in [2.24, 2.45) is 0 Å². The van der Waals surface area contributed by atoms with Crippen LogP contribution in [0.4, 0.5) is 4.39 Å². The molecule has 0 amide bonds. The molecule has 1 aromatic heterocycles. The molecule has 0 saturated carbocycles. The number of aliphatic hydroxyl groups is 1. The normalized spacial score (nSPS) is 9.81. The average molecular weight is 287 g/mol. The number of benzene rings is 1. The van der Waals surface area contributed by atoms with E-state index in [4.69, 9.17) is 9.84 Å². The Morgan fingerprint density at radius 3 is 2.90 bits per heavy atom. The van der Waals surface area contributed by atoms with Crippen molar-refractivity contribution in [1.82, 2.24) is 4.57 Å². The highest BCUT2D eigenvalue weighted by Gasteiger charge is 2.04. The van der Waals surface area contributed by atoms with E-state index in [0.717, 1.165) is 0 Å². The van der Waals surface area contributed by atoms with Gasteiger partial charge < -0.3 is 14.4 Å². The highest BCUT2D eigenvalue weighted by Crippen LogP contribution is 2.19. The van der Waals surface area contributed by atoms with Gasteiger partial charge in [0.2, 0.25) is 0 Å². The molecule has 0 aliphatic rings. The Bertz CT molecular complexity index is 728. The van der Waals surface area contributed by atoms with Crippen molar-refractivity contribution in [2.45, 2.75) is 6.54 Å². The van der Waals surface area contributed by atoms with Crippen LogP contribution in [0.25, 0.3) is 0 Å². The minimum absolute atomic E-state index is 0.124. The number of pyridine rings is 1. The first-order valence-corrected chi connectivity index (χ1v) is 6.38. The van der Waals surface area contributed by atoms with Gasteiger partial charge in [-0.2, -0.15) is 0 Å². The summed E-state index contributed by atoms with van der Waals surface area (Å²) in [7, 11) is 0. The van der Waals surface area contributed by atoms with E-state index in [1.807, 2.05) is 0 Å². The molecular formula is C16H14FNO3. The molecule has 0 spiro atoms. The lowest BCUT2D eigenvalue weighted by molar-refractivity contribution is 0.294. The molecule has 2 aromatic rings. The number of aliphatic hydroxyl groups excluding tert-OH is 1. The molecule has 5 heteroatoms. The van der Waals surface area contributed by atoms with E-state index in [0.29, 0.717) is 17.9 Å². The van der Waals surface area contributed by atoms with Crippen molar-refractivity contribution in [1.29, 1.82) is 0 Å². The maximum absolute atomic E-state index is 13.3. The lowest BCUT2D eigenvalue weighted by atomic mass is 10.2. The van der Waals surface area contributed by atoms with Crippen molar-refractivity contribution in [3.63, 3.8) is 0 Å². The number of ether oxygens (including phenoxy) is 1. The first-order chi connectivity index (χ1) is 10.2. The Kier molecular flexibility index (Phi) is 5.13. The molecule has 0 saturated heterocycles. The second-order valence-electron chi connectivity index (χ2n) is 4.18. The second-order valence-corrected chi connectivity index (χ2v) is 4.18. The molecule has 0 aliphatic heterocycles. The van der Waals surface area contributed by atoms with Crippen LogP contribution < -0.4 is 10.3 Å². The molecule has 0 aliphatic carbocycles. The molecule has 1 heterocycles. The maximum atomic E-state index is 13.3. The highest BCUT2D eigenvalue weighted by molar-refractivity contribution is 5.46. The molecule has 2 rings (SSSR count). The third-order valence-electron chi connectivity index (χ3n) is 2.73. The fourth-order valence-electron chi connectivity index (χ4n) is 1.75. The van der Waals surface area contributed by atoms with E-state index >= 15 is 0 Å². The highest BCUT2D eigenvalue weighted by atomic mass is 19.1. The van der Waals surface area contributed by atoms with E-state index in [1.54, 1.807) is 18.3 Å². The van der Waals surface area contributed by atoms with Crippen LogP contribution >= 0.6 is 0 Å². The van der Waals surface area contributed by atoms with Crippen molar-refractivity contribution in [2.75, 3.05) is 13.2 Å². The summed E-state index contributed by atoms with van der Waals surface area (Å²) in [6, 6.07) is 8.87. The zero-order chi connectivity index (χ0) is 15.1. The Morgan fingerprint density at radius 1 is 1.29 bits per heavy atom.